The lowest BCUT2D eigenvalue weighted by atomic mass is 9.51. The van der Waals surface area contributed by atoms with Crippen molar-refractivity contribution in [2.75, 3.05) is 0 Å². The van der Waals surface area contributed by atoms with Crippen LogP contribution in [0.4, 0.5) is 0 Å². The highest BCUT2D eigenvalue weighted by molar-refractivity contribution is 6.22. The molecule has 25 heavy (non-hydrogen) atoms. The van der Waals surface area contributed by atoms with Crippen LogP contribution in [0.3, 0.4) is 0 Å². The summed E-state index contributed by atoms with van der Waals surface area (Å²) in [6, 6.07) is 0. The van der Waals surface area contributed by atoms with Gasteiger partial charge in [0.25, 0.3) is 0 Å². The van der Waals surface area contributed by atoms with Crippen LogP contribution in [0.2, 0.25) is 0 Å². The first-order valence-corrected chi connectivity index (χ1v) is 11.9. The molecule has 1 nitrogen and oxygen atoms in total. The Labute approximate surface area is 162 Å². The van der Waals surface area contributed by atoms with Crippen molar-refractivity contribution in [1.29, 1.82) is 0 Å². The topological polar surface area (TPSA) is 9.23 Å². The molecule has 0 aromatic rings. The Morgan fingerprint density at radius 2 is 0.760 bits per heavy atom. The molecule has 0 N–H and O–H groups in total. The summed E-state index contributed by atoms with van der Waals surface area (Å²) in [5.74, 6) is 8.43. The average Bonchev–Trinajstić information content (AvgIpc) is 2.52. The number of alkyl halides is 2. The quantitative estimate of drug-likeness (QED) is 0.519. The molecule has 0 aromatic carbocycles. The van der Waals surface area contributed by atoms with Gasteiger partial charge in [-0.3, -0.25) is 0 Å². The van der Waals surface area contributed by atoms with Gasteiger partial charge in [0, 0.05) is 11.8 Å². The van der Waals surface area contributed by atoms with Gasteiger partial charge >= 0.3 is 0 Å². The first-order chi connectivity index (χ1) is 12.1. The predicted molar refractivity (Wildman–Crippen MR) is 101 cm³/mol. The van der Waals surface area contributed by atoms with Gasteiger partial charge in [-0.1, -0.05) is 23.2 Å². The summed E-state index contributed by atoms with van der Waals surface area (Å²) in [6.07, 6.45) is 14.3. The van der Waals surface area contributed by atoms with Crippen molar-refractivity contribution in [3.8, 4) is 0 Å². The summed E-state index contributed by atoms with van der Waals surface area (Å²) in [7, 11) is 0. The maximum absolute atomic E-state index is 6.93. The van der Waals surface area contributed by atoms with Crippen LogP contribution in [-0.4, -0.2) is 11.1 Å². The second-order valence-corrected chi connectivity index (χ2v) is 11.7. The van der Waals surface area contributed by atoms with Crippen LogP contribution in [0.1, 0.15) is 64.2 Å². The van der Waals surface area contributed by atoms with E-state index in [1.807, 2.05) is 0 Å². The van der Waals surface area contributed by atoms with E-state index in [-0.39, 0.29) is 11.1 Å². The van der Waals surface area contributed by atoms with Crippen molar-refractivity contribution >= 4 is 23.2 Å². The largest absolute Gasteiger partial charge is 0.343 e. The van der Waals surface area contributed by atoms with E-state index in [0.717, 1.165) is 47.3 Å². The van der Waals surface area contributed by atoms with E-state index in [1.165, 1.54) is 64.2 Å². The third-order valence-corrected chi connectivity index (χ3v) is 10.3. The van der Waals surface area contributed by atoms with Crippen LogP contribution in [0.5, 0.6) is 0 Å². The molecular weight excluding hydrogens is 351 g/mol. The number of ether oxygens (including phenoxy) is 1. The molecule has 0 aliphatic heterocycles. The molecule has 0 amide bonds. The number of halogens is 2. The maximum atomic E-state index is 6.93. The van der Waals surface area contributed by atoms with Crippen molar-refractivity contribution in [1.82, 2.24) is 0 Å². The van der Waals surface area contributed by atoms with Crippen LogP contribution < -0.4 is 0 Å². The van der Waals surface area contributed by atoms with Gasteiger partial charge in [-0.15, -0.1) is 0 Å². The lowest BCUT2D eigenvalue weighted by molar-refractivity contribution is -0.127. The Bertz CT molecular complexity index is 432. The maximum Gasteiger partial charge on any atom is 0.136 e. The SMILES string of the molecule is ClC(OC(Cl)C1C2CC3CC(C2)CC1C3)C1C2CC3CC(C2)CC1C3. The van der Waals surface area contributed by atoms with Crippen LogP contribution in [-0.2, 0) is 4.74 Å². The molecule has 8 bridgehead atoms. The van der Waals surface area contributed by atoms with Crippen LogP contribution in [0, 0.1) is 59.2 Å². The second-order valence-electron chi connectivity index (χ2n) is 10.9. The highest BCUT2D eigenvalue weighted by atomic mass is 35.5. The van der Waals surface area contributed by atoms with Gasteiger partial charge in [-0.25, -0.2) is 0 Å². The molecular formula is C22H32Cl2O. The molecule has 140 valence electrons. The first-order valence-electron chi connectivity index (χ1n) is 11.1. The standard InChI is InChI=1S/C22H32Cl2O/c23-21(19-15-3-11-1-12(5-15)6-16(19)4-11)25-22(24)20-17-7-13-2-14(9-17)10-18(20)8-13/h11-22H,1-10H2. The fourth-order valence-electron chi connectivity index (χ4n) is 9.10. The Kier molecular flexibility index (Phi) is 3.97. The van der Waals surface area contributed by atoms with Crippen LogP contribution in [0.15, 0.2) is 0 Å². The van der Waals surface area contributed by atoms with E-state index < -0.39 is 0 Å². The lowest BCUT2D eigenvalue weighted by Gasteiger charge is -2.57. The fourth-order valence-corrected chi connectivity index (χ4v) is 10.2. The molecule has 0 spiro atoms. The zero-order chi connectivity index (χ0) is 16.7. The summed E-state index contributed by atoms with van der Waals surface area (Å²) in [5, 5.41) is 0. The molecule has 3 heteroatoms. The van der Waals surface area contributed by atoms with Gasteiger partial charge < -0.3 is 4.74 Å². The number of hydrogen-bond acceptors (Lipinski definition) is 1. The van der Waals surface area contributed by atoms with E-state index in [9.17, 15) is 0 Å². The summed E-state index contributed by atoms with van der Waals surface area (Å²) >= 11 is 13.9. The number of hydrogen-bond donors (Lipinski definition) is 0. The summed E-state index contributed by atoms with van der Waals surface area (Å²) in [6.45, 7) is 0. The highest BCUT2D eigenvalue weighted by Gasteiger charge is 2.53. The molecule has 0 saturated heterocycles. The van der Waals surface area contributed by atoms with Crippen LogP contribution in [0.25, 0.3) is 0 Å². The Hall–Kier alpha value is 0.540. The van der Waals surface area contributed by atoms with Crippen molar-refractivity contribution in [3.05, 3.63) is 0 Å². The Morgan fingerprint density at radius 3 is 1.04 bits per heavy atom. The first kappa shape index (κ1) is 16.5. The second kappa shape index (κ2) is 6.02. The third-order valence-electron chi connectivity index (χ3n) is 9.46. The van der Waals surface area contributed by atoms with Gasteiger partial charge in [0.2, 0.25) is 0 Å². The predicted octanol–water partition coefficient (Wildman–Crippen LogP) is 6.28. The van der Waals surface area contributed by atoms with Crippen molar-refractivity contribution < 1.29 is 4.74 Å². The van der Waals surface area contributed by atoms with E-state index in [1.54, 1.807) is 0 Å². The van der Waals surface area contributed by atoms with Crippen LogP contribution >= 0.6 is 23.2 Å². The van der Waals surface area contributed by atoms with Crippen molar-refractivity contribution in [3.63, 3.8) is 0 Å². The van der Waals surface area contributed by atoms with Gasteiger partial charge in [0.15, 0.2) is 0 Å². The molecule has 2 atom stereocenters. The Morgan fingerprint density at radius 1 is 0.480 bits per heavy atom. The third kappa shape index (κ3) is 2.65. The summed E-state index contributed by atoms with van der Waals surface area (Å²) in [4.78, 5) is 0. The van der Waals surface area contributed by atoms with Gasteiger partial charge in [-0.05, 0) is 112 Å². The fraction of sp³-hybridized carbons (Fsp3) is 1.00. The van der Waals surface area contributed by atoms with E-state index >= 15 is 0 Å². The zero-order valence-corrected chi connectivity index (χ0v) is 16.7. The zero-order valence-electron chi connectivity index (χ0n) is 15.2. The lowest BCUT2D eigenvalue weighted by Crippen LogP contribution is -2.51. The molecule has 0 aromatic heterocycles. The molecule has 8 aliphatic carbocycles. The highest BCUT2D eigenvalue weighted by Crippen LogP contribution is 2.60. The van der Waals surface area contributed by atoms with Gasteiger partial charge in [0.1, 0.15) is 11.1 Å². The van der Waals surface area contributed by atoms with E-state index in [2.05, 4.69) is 0 Å². The molecule has 8 aliphatic rings. The minimum Gasteiger partial charge on any atom is -0.343 e. The van der Waals surface area contributed by atoms with E-state index in [4.69, 9.17) is 27.9 Å². The normalized spacial score (nSPS) is 57.8. The summed E-state index contributed by atoms with van der Waals surface area (Å²) < 4.78 is 6.43. The monoisotopic (exact) mass is 382 g/mol. The molecule has 8 saturated carbocycles. The molecule has 8 rings (SSSR count). The van der Waals surface area contributed by atoms with E-state index in [0.29, 0.717) is 11.8 Å². The van der Waals surface area contributed by atoms with Gasteiger partial charge in [0.05, 0.1) is 0 Å². The Balaban J connectivity index is 1.15. The summed E-state index contributed by atoms with van der Waals surface area (Å²) in [5.41, 5.74) is -0.288. The molecule has 0 radical (unpaired) electrons. The smallest absolute Gasteiger partial charge is 0.136 e. The molecule has 8 fully saturated rings. The van der Waals surface area contributed by atoms with Crippen molar-refractivity contribution in [2.24, 2.45) is 59.2 Å². The minimum atomic E-state index is -0.144. The minimum absolute atomic E-state index is 0.144. The van der Waals surface area contributed by atoms with Crippen molar-refractivity contribution in [2.45, 2.75) is 75.3 Å². The average molecular weight is 383 g/mol. The molecule has 2 unspecified atom stereocenters. The number of rotatable bonds is 4. The molecule has 0 heterocycles. The van der Waals surface area contributed by atoms with Gasteiger partial charge in [-0.2, -0.15) is 0 Å².